The van der Waals surface area contributed by atoms with Gasteiger partial charge in [-0.15, -0.1) is 0 Å². The Morgan fingerprint density at radius 3 is 2.80 bits per heavy atom. The van der Waals surface area contributed by atoms with E-state index in [2.05, 4.69) is 21.9 Å². The molecule has 2 atom stereocenters. The van der Waals surface area contributed by atoms with Crippen LogP contribution in [0.5, 0.6) is 0 Å². The van der Waals surface area contributed by atoms with Crippen LogP contribution < -0.4 is 4.90 Å². The molecule has 0 amide bonds. The molecular formula is C17H17N5O3. The summed E-state index contributed by atoms with van der Waals surface area (Å²) >= 11 is 0. The fourth-order valence-corrected chi connectivity index (χ4v) is 3.07. The molecule has 4 rings (SSSR count). The summed E-state index contributed by atoms with van der Waals surface area (Å²) in [6.07, 6.45) is 1.16. The molecule has 8 heteroatoms. The Bertz CT molecular complexity index is 911. The Morgan fingerprint density at radius 2 is 2.04 bits per heavy atom. The van der Waals surface area contributed by atoms with Crippen LogP contribution in [0.4, 0.5) is 11.6 Å². The zero-order valence-corrected chi connectivity index (χ0v) is 13.6. The van der Waals surface area contributed by atoms with Crippen molar-refractivity contribution in [2.75, 3.05) is 18.1 Å². The van der Waals surface area contributed by atoms with Gasteiger partial charge in [-0.3, -0.25) is 0 Å². The number of benzene rings is 1. The van der Waals surface area contributed by atoms with Crippen molar-refractivity contribution in [1.29, 1.82) is 0 Å². The minimum Gasteiger partial charge on any atom is -0.370 e. The van der Waals surface area contributed by atoms with Crippen LogP contribution in [0.15, 0.2) is 48.7 Å². The minimum absolute atomic E-state index is 0.0623. The van der Waals surface area contributed by atoms with Crippen LogP contribution in [-0.4, -0.2) is 38.7 Å². The third-order valence-electron chi connectivity index (χ3n) is 4.42. The lowest BCUT2D eigenvalue weighted by atomic mass is 10.1. The highest BCUT2D eigenvalue weighted by Crippen LogP contribution is 2.28. The Balaban J connectivity index is 1.68. The molecule has 1 aromatic carbocycles. The van der Waals surface area contributed by atoms with E-state index >= 15 is 0 Å². The maximum Gasteiger partial charge on any atom is 0.368 e. The number of aromatic nitrogens is 3. The van der Waals surface area contributed by atoms with E-state index in [0.717, 1.165) is 5.56 Å². The van der Waals surface area contributed by atoms with Gasteiger partial charge in [0.05, 0.1) is 19.2 Å². The maximum atomic E-state index is 11.1. The van der Waals surface area contributed by atoms with E-state index in [-0.39, 0.29) is 18.0 Å². The fraction of sp³-hybridized carbons (Fsp3) is 0.294. The maximum absolute atomic E-state index is 11.1. The van der Waals surface area contributed by atoms with Crippen LogP contribution in [0, 0.1) is 10.1 Å². The van der Waals surface area contributed by atoms with Crippen molar-refractivity contribution in [3.63, 3.8) is 0 Å². The summed E-state index contributed by atoms with van der Waals surface area (Å²) in [6.45, 7) is 3.24. The molecule has 2 aromatic heterocycles. The zero-order chi connectivity index (χ0) is 17.4. The quantitative estimate of drug-likeness (QED) is 0.538. The fourth-order valence-electron chi connectivity index (χ4n) is 3.07. The van der Waals surface area contributed by atoms with E-state index in [0.29, 0.717) is 24.6 Å². The summed E-state index contributed by atoms with van der Waals surface area (Å²) in [5.41, 5.74) is 1.56. The van der Waals surface area contributed by atoms with Gasteiger partial charge < -0.3 is 19.8 Å². The van der Waals surface area contributed by atoms with Crippen LogP contribution >= 0.6 is 0 Å². The number of nitro groups is 1. The first-order valence-electron chi connectivity index (χ1n) is 8.06. The SMILES string of the molecule is CC1COC(c2ccccc2)CN1c1ccc2ncc([N+](=O)[O-])n2n1. The van der Waals surface area contributed by atoms with Crippen LogP contribution in [0.1, 0.15) is 18.6 Å². The molecule has 1 aliphatic rings. The second-order valence-corrected chi connectivity index (χ2v) is 6.07. The van der Waals surface area contributed by atoms with Gasteiger partial charge in [-0.05, 0) is 23.5 Å². The van der Waals surface area contributed by atoms with Crippen molar-refractivity contribution in [2.24, 2.45) is 0 Å². The van der Waals surface area contributed by atoms with E-state index in [4.69, 9.17) is 4.74 Å². The van der Waals surface area contributed by atoms with Crippen molar-refractivity contribution in [1.82, 2.24) is 14.6 Å². The summed E-state index contributed by atoms with van der Waals surface area (Å²) in [6, 6.07) is 13.7. The summed E-state index contributed by atoms with van der Waals surface area (Å²) in [7, 11) is 0. The van der Waals surface area contributed by atoms with Crippen LogP contribution in [0.2, 0.25) is 0 Å². The summed E-state index contributed by atoms with van der Waals surface area (Å²) in [5.74, 6) is 0.530. The molecule has 0 radical (unpaired) electrons. The third-order valence-corrected chi connectivity index (χ3v) is 4.42. The second kappa shape index (κ2) is 6.14. The summed E-state index contributed by atoms with van der Waals surface area (Å²) in [5, 5.41) is 15.6. The first kappa shape index (κ1) is 15.5. The predicted octanol–water partition coefficient (Wildman–Crippen LogP) is 2.60. The monoisotopic (exact) mass is 339 g/mol. The first-order valence-corrected chi connectivity index (χ1v) is 8.06. The van der Waals surface area contributed by atoms with Crippen molar-refractivity contribution < 1.29 is 9.66 Å². The Kier molecular flexibility index (Phi) is 3.81. The number of rotatable bonds is 3. The molecule has 0 aliphatic carbocycles. The van der Waals surface area contributed by atoms with Gasteiger partial charge in [-0.1, -0.05) is 39.9 Å². The lowest BCUT2D eigenvalue weighted by Gasteiger charge is -2.38. The molecule has 0 N–H and O–H groups in total. The van der Waals surface area contributed by atoms with Crippen LogP contribution in [0.3, 0.4) is 0 Å². The van der Waals surface area contributed by atoms with Crippen LogP contribution in [0.25, 0.3) is 5.65 Å². The molecule has 0 bridgehead atoms. The number of ether oxygens (including phenoxy) is 1. The number of hydrogen-bond acceptors (Lipinski definition) is 6. The molecule has 1 saturated heterocycles. The van der Waals surface area contributed by atoms with Gasteiger partial charge in [-0.2, -0.15) is 0 Å². The van der Waals surface area contributed by atoms with E-state index in [1.165, 1.54) is 10.7 Å². The van der Waals surface area contributed by atoms with Crippen LogP contribution in [-0.2, 0) is 4.74 Å². The molecule has 1 fully saturated rings. The van der Waals surface area contributed by atoms with Gasteiger partial charge in [0.15, 0.2) is 5.82 Å². The lowest BCUT2D eigenvalue weighted by molar-refractivity contribution is -0.391. The minimum atomic E-state index is -0.480. The van der Waals surface area contributed by atoms with Gasteiger partial charge >= 0.3 is 5.82 Å². The van der Waals surface area contributed by atoms with Gasteiger partial charge in [0.25, 0.3) is 0 Å². The highest BCUT2D eigenvalue weighted by atomic mass is 16.6. The summed E-state index contributed by atoms with van der Waals surface area (Å²) in [4.78, 5) is 16.8. The lowest BCUT2D eigenvalue weighted by Crippen LogP contribution is -2.45. The van der Waals surface area contributed by atoms with Crippen molar-refractivity contribution >= 4 is 17.3 Å². The number of anilines is 1. The predicted molar refractivity (Wildman–Crippen MR) is 91.6 cm³/mol. The van der Waals surface area contributed by atoms with E-state index in [1.54, 1.807) is 6.07 Å². The number of fused-ring (bicyclic) bond motifs is 1. The molecule has 8 nitrogen and oxygen atoms in total. The van der Waals surface area contributed by atoms with E-state index in [1.807, 2.05) is 36.4 Å². The molecule has 0 saturated carbocycles. The van der Waals surface area contributed by atoms with Gasteiger partial charge in [-0.25, -0.2) is 4.98 Å². The largest absolute Gasteiger partial charge is 0.370 e. The number of hydrogen-bond donors (Lipinski definition) is 0. The van der Waals surface area contributed by atoms with Crippen molar-refractivity contribution in [2.45, 2.75) is 19.1 Å². The highest BCUT2D eigenvalue weighted by molar-refractivity contribution is 5.50. The van der Waals surface area contributed by atoms with Gasteiger partial charge in [0.2, 0.25) is 5.65 Å². The van der Waals surface area contributed by atoms with Crippen molar-refractivity contribution in [3.05, 3.63) is 64.3 Å². The highest BCUT2D eigenvalue weighted by Gasteiger charge is 2.29. The number of nitrogens with zero attached hydrogens (tertiary/aromatic N) is 5. The zero-order valence-electron chi connectivity index (χ0n) is 13.6. The molecule has 0 spiro atoms. The van der Waals surface area contributed by atoms with E-state index in [9.17, 15) is 10.1 Å². The third kappa shape index (κ3) is 2.80. The molecule has 1 aliphatic heterocycles. The van der Waals surface area contributed by atoms with Gasteiger partial charge in [0, 0.05) is 6.07 Å². The topological polar surface area (TPSA) is 85.8 Å². The number of morpholine rings is 1. The van der Waals surface area contributed by atoms with E-state index < -0.39 is 4.92 Å². The molecule has 3 heterocycles. The standard InChI is InChI=1S/C17H17N5O3/c1-12-11-25-14(13-5-3-2-4-6-13)10-20(12)16-8-7-15-18-9-17(22(23)24)21(15)19-16/h2-9,12,14H,10-11H2,1H3. The Morgan fingerprint density at radius 1 is 1.24 bits per heavy atom. The molecular weight excluding hydrogens is 322 g/mol. The molecule has 2 unspecified atom stereocenters. The second-order valence-electron chi connectivity index (χ2n) is 6.07. The normalized spacial score (nSPS) is 20.8. The molecule has 128 valence electrons. The Labute approximate surface area is 143 Å². The average Bonchev–Trinajstić information content (AvgIpc) is 3.06. The molecule has 3 aromatic rings. The average molecular weight is 339 g/mol. The van der Waals surface area contributed by atoms with Gasteiger partial charge in [0.1, 0.15) is 12.3 Å². The first-order chi connectivity index (χ1) is 12.1. The Hall–Kier alpha value is -3.00. The smallest absolute Gasteiger partial charge is 0.368 e. The summed E-state index contributed by atoms with van der Waals surface area (Å²) < 4.78 is 7.24. The van der Waals surface area contributed by atoms with Crippen molar-refractivity contribution in [3.8, 4) is 0 Å². The molecule has 25 heavy (non-hydrogen) atoms. The number of imidazole rings is 1.